The van der Waals surface area contributed by atoms with Gasteiger partial charge in [0, 0.05) is 7.11 Å². The van der Waals surface area contributed by atoms with Crippen molar-refractivity contribution in [3.63, 3.8) is 0 Å². The first-order valence-corrected chi connectivity index (χ1v) is 14.8. The van der Waals surface area contributed by atoms with Crippen LogP contribution >= 0.6 is 0 Å². The lowest BCUT2D eigenvalue weighted by Gasteiger charge is -2.42. The number of hydrogen-bond acceptors (Lipinski definition) is 9. The van der Waals surface area contributed by atoms with Crippen LogP contribution in [-0.2, 0) is 24.3 Å². The van der Waals surface area contributed by atoms with Crippen molar-refractivity contribution in [2.75, 3.05) is 19.5 Å². The van der Waals surface area contributed by atoms with Crippen LogP contribution in [0.15, 0.2) is 73.3 Å². The Morgan fingerprint density at radius 2 is 1.68 bits per heavy atom. The summed E-state index contributed by atoms with van der Waals surface area (Å²) in [5.74, 6) is 0.251. The highest BCUT2D eigenvalue weighted by Gasteiger charge is 2.63. The Kier molecular flexibility index (Phi) is 8.05. The molecule has 1 aliphatic heterocycles. The molecule has 1 aliphatic rings. The molecule has 3 heterocycles. The van der Waals surface area contributed by atoms with E-state index in [0.29, 0.717) is 11.2 Å². The minimum atomic E-state index is -1.98. The van der Waals surface area contributed by atoms with Crippen LogP contribution in [0.2, 0.25) is 0 Å². The molecular formula is C29H36N5O5Si. The Balaban J connectivity index is 1.81. The number of ether oxygens (including phenoxy) is 4. The fraction of sp³-hybridized carbons (Fsp3) is 0.414. The molecule has 10 nitrogen and oxygen atoms in total. The molecular weight excluding hydrogens is 526 g/mol. The third-order valence-electron chi connectivity index (χ3n) is 6.96. The molecule has 0 amide bonds. The van der Waals surface area contributed by atoms with Gasteiger partial charge in [0.1, 0.15) is 30.2 Å². The number of fused-ring (bicyclic) bond motifs is 1. The molecule has 1 unspecified atom stereocenters. The first-order valence-electron chi connectivity index (χ1n) is 13.3. The van der Waals surface area contributed by atoms with E-state index in [1.54, 1.807) is 20.4 Å². The molecule has 4 aromatic rings. The van der Waals surface area contributed by atoms with E-state index in [0.717, 1.165) is 10.4 Å². The van der Waals surface area contributed by atoms with E-state index >= 15 is 0 Å². The van der Waals surface area contributed by atoms with Crippen LogP contribution in [0.1, 0.15) is 27.7 Å². The van der Waals surface area contributed by atoms with Gasteiger partial charge in [0.05, 0.1) is 18.5 Å². The third-order valence-corrected chi connectivity index (χ3v) is 10.1. The van der Waals surface area contributed by atoms with E-state index in [-0.39, 0.29) is 12.4 Å². The maximum atomic E-state index is 11.9. The van der Waals surface area contributed by atoms with Crippen molar-refractivity contribution in [1.29, 1.82) is 0 Å². The first-order chi connectivity index (χ1) is 19.2. The van der Waals surface area contributed by atoms with Gasteiger partial charge in [-0.2, -0.15) is 0 Å². The van der Waals surface area contributed by atoms with Gasteiger partial charge in [0.25, 0.3) is 0 Å². The summed E-state index contributed by atoms with van der Waals surface area (Å²) in [7, 11) is -0.413. The van der Waals surface area contributed by atoms with E-state index in [4.69, 9.17) is 24.7 Å². The molecule has 11 heteroatoms. The van der Waals surface area contributed by atoms with E-state index in [9.17, 15) is 5.11 Å². The first kappa shape index (κ1) is 28.3. The van der Waals surface area contributed by atoms with E-state index in [1.165, 1.54) is 6.33 Å². The minimum absolute atomic E-state index is 0.149. The van der Waals surface area contributed by atoms with Crippen LogP contribution in [0.25, 0.3) is 11.2 Å². The van der Waals surface area contributed by atoms with Crippen molar-refractivity contribution in [3.8, 4) is 0 Å². The Bertz CT molecular complexity index is 1380. The van der Waals surface area contributed by atoms with Crippen LogP contribution in [0.4, 0.5) is 5.82 Å². The molecule has 0 saturated carbocycles. The molecule has 0 bridgehead atoms. The van der Waals surface area contributed by atoms with Crippen molar-refractivity contribution in [1.82, 2.24) is 19.5 Å². The van der Waals surface area contributed by atoms with Crippen LogP contribution in [0, 0.1) is 0 Å². The number of rotatable bonds is 9. The molecule has 1 saturated heterocycles. The Morgan fingerprint density at radius 3 is 2.25 bits per heavy atom. The van der Waals surface area contributed by atoms with Crippen molar-refractivity contribution in [3.05, 3.63) is 73.3 Å². The predicted molar refractivity (Wildman–Crippen MR) is 154 cm³/mol. The van der Waals surface area contributed by atoms with Gasteiger partial charge in [-0.3, -0.25) is 4.57 Å². The minimum Gasteiger partial charge on any atom is -0.387 e. The highest BCUT2D eigenvalue weighted by molar-refractivity contribution is 6.86. The summed E-state index contributed by atoms with van der Waals surface area (Å²) in [6, 6.07) is 20.3. The van der Waals surface area contributed by atoms with Crippen molar-refractivity contribution >= 4 is 36.2 Å². The quantitative estimate of drug-likeness (QED) is 0.232. The van der Waals surface area contributed by atoms with Gasteiger partial charge in [-0.1, -0.05) is 71.0 Å². The lowest BCUT2D eigenvalue weighted by molar-refractivity contribution is -0.194. The number of nitrogens with two attached hydrogens (primary N) is 1. The smallest absolute Gasteiger partial charge is 0.190 e. The lowest BCUT2D eigenvalue weighted by Crippen LogP contribution is -2.67. The number of aliphatic hydroxyl groups is 1. The van der Waals surface area contributed by atoms with Crippen LogP contribution < -0.4 is 16.1 Å². The summed E-state index contributed by atoms with van der Waals surface area (Å²) >= 11 is 0. The highest BCUT2D eigenvalue weighted by atomic mass is 28.3. The standard InChI is InChI=1S/C29H36N5O5Si/c1-19(36-5)38-25-24(35)22(16-37-28(2,3)4)39-29(25,34-18-33-23-26(30)31-17-32-27(23)34)40(20-12-8-6-9-13-20)21-14-10-7-11-15-21/h6-15,17-19,22,24-25,35H,16H2,1-5H3,(H2,30,31,32)/t19?,22-,24-,25-,29+/m1/s1. The maximum Gasteiger partial charge on any atom is 0.190 e. The Morgan fingerprint density at radius 1 is 1.05 bits per heavy atom. The molecule has 5 rings (SSSR count). The molecule has 211 valence electrons. The van der Waals surface area contributed by atoms with E-state index in [1.807, 2.05) is 61.7 Å². The van der Waals surface area contributed by atoms with Gasteiger partial charge >= 0.3 is 0 Å². The number of hydrogen-bond donors (Lipinski definition) is 2. The molecule has 40 heavy (non-hydrogen) atoms. The molecule has 5 atom stereocenters. The van der Waals surface area contributed by atoms with Gasteiger partial charge < -0.3 is 29.8 Å². The number of imidazole rings is 1. The summed E-state index contributed by atoms with van der Waals surface area (Å²) in [6.45, 7) is 7.84. The number of nitrogen functional groups attached to an aromatic ring is 1. The maximum absolute atomic E-state index is 11.9. The largest absolute Gasteiger partial charge is 0.387 e. The zero-order valence-corrected chi connectivity index (χ0v) is 24.4. The zero-order valence-electron chi connectivity index (χ0n) is 23.4. The fourth-order valence-corrected chi connectivity index (χ4v) is 8.50. The fourth-order valence-electron chi connectivity index (χ4n) is 5.09. The number of anilines is 1. The molecule has 3 N–H and O–H groups in total. The number of benzene rings is 2. The predicted octanol–water partition coefficient (Wildman–Crippen LogP) is 1.86. The van der Waals surface area contributed by atoms with Crippen molar-refractivity contribution in [2.45, 2.75) is 63.2 Å². The number of methoxy groups -OCH3 is 1. The Hall–Kier alpha value is -3.19. The molecule has 0 aliphatic carbocycles. The van der Waals surface area contributed by atoms with Gasteiger partial charge in [0.15, 0.2) is 31.9 Å². The summed E-state index contributed by atoms with van der Waals surface area (Å²) in [5.41, 5.74) is 6.69. The normalized spacial score (nSPS) is 24.1. The number of nitrogens with zero attached hydrogens (tertiary/aromatic N) is 4. The molecule has 2 aromatic carbocycles. The molecule has 1 radical (unpaired) electrons. The summed E-state index contributed by atoms with van der Waals surface area (Å²) in [4.78, 5) is 13.3. The van der Waals surface area contributed by atoms with Gasteiger partial charge in [-0.05, 0) is 27.7 Å². The van der Waals surface area contributed by atoms with Gasteiger partial charge in [-0.15, -0.1) is 0 Å². The molecule has 0 spiro atoms. The second-order valence-electron chi connectivity index (χ2n) is 10.8. The average molecular weight is 563 g/mol. The van der Waals surface area contributed by atoms with Crippen LogP contribution in [-0.4, -0.2) is 77.3 Å². The third kappa shape index (κ3) is 5.28. The number of aromatic nitrogens is 4. The lowest BCUT2D eigenvalue weighted by atomic mass is 10.1. The van der Waals surface area contributed by atoms with Crippen LogP contribution in [0.3, 0.4) is 0 Å². The highest BCUT2D eigenvalue weighted by Crippen LogP contribution is 2.42. The van der Waals surface area contributed by atoms with Crippen molar-refractivity contribution in [2.24, 2.45) is 0 Å². The van der Waals surface area contributed by atoms with Crippen LogP contribution in [0.5, 0.6) is 0 Å². The summed E-state index contributed by atoms with van der Waals surface area (Å²) in [5, 5.41) is 12.7. The topological polar surface area (TPSA) is 127 Å². The average Bonchev–Trinajstić information content (AvgIpc) is 3.50. The van der Waals surface area contributed by atoms with E-state index in [2.05, 4.69) is 39.2 Å². The second kappa shape index (κ2) is 11.4. The van der Waals surface area contributed by atoms with E-state index < -0.39 is 44.3 Å². The second-order valence-corrected chi connectivity index (χ2v) is 13.4. The molecule has 2 aromatic heterocycles. The molecule has 1 fully saturated rings. The zero-order chi connectivity index (χ0) is 28.5. The number of aliphatic hydroxyl groups excluding tert-OH is 1. The van der Waals surface area contributed by atoms with Gasteiger partial charge in [-0.25, -0.2) is 15.0 Å². The Labute approximate surface area is 235 Å². The van der Waals surface area contributed by atoms with Gasteiger partial charge in [0.2, 0.25) is 0 Å². The summed E-state index contributed by atoms with van der Waals surface area (Å²) in [6.07, 6.45) is -0.269. The monoisotopic (exact) mass is 562 g/mol. The van der Waals surface area contributed by atoms with Crippen molar-refractivity contribution < 1.29 is 24.1 Å². The summed E-state index contributed by atoms with van der Waals surface area (Å²) < 4.78 is 27.2. The SMILES string of the molecule is COC(C)O[C@@H]1[C@H](O)[C@@H](COC(C)(C)C)O[C@]1(n1cnc2c(N)ncnc21)[Si](c1ccccc1)c1ccccc1.